The number of amides is 2. The van der Waals surface area contributed by atoms with Gasteiger partial charge in [-0.25, -0.2) is 0 Å². The van der Waals surface area contributed by atoms with Crippen LogP contribution in [0.25, 0.3) is 0 Å². The molecular weight excluding hydrogens is 466 g/mol. The first-order valence-electron chi connectivity index (χ1n) is 11.7. The minimum absolute atomic E-state index is 0.0782. The second kappa shape index (κ2) is 12.9. The Morgan fingerprint density at radius 2 is 1.89 bits per heavy atom. The molecule has 1 aliphatic heterocycles. The molecule has 2 N–H and O–H groups in total. The normalized spacial score (nSPS) is 16.1. The van der Waals surface area contributed by atoms with Gasteiger partial charge < -0.3 is 19.7 Å². The summed E-state index contributed by atoms with van der Waals surface area (Å²) in [4.78, 5) is 39.2. The number of hydrogen-bond acceptors (Lipinski definition) is 6. The molecule has 1 aliphatic rings. The Bertz CT molecular complexity index is 1030. The standard InChI is InChI=1S/C26H31N3O5S/c1-3-18(2)34-21-11-9-20(10-12-21)24(31)28-26(35)29-15-14-27-25(32)22(29)17-23(30)33-16-13-19-7-5-4-6-8-19/h4-12,18,22H,3,13-17H2,1-2H3,(H,27,32)(H,28,31,35). The zero-order chi connectivity index (χ0) is 25.2. The van der Waals surface area contributed by atoms with Gasteiger partial charge in [-0.3, -0.25) is 19.7 Å². The first-order valence-corrected chi connectivity index (χ1v) is 12.1. The van der Waals surface area contributed by atoms with Gasteiger partial charge in [0.05, 0.1) is 19.1 Å². The SMILES string of the molecule is CCC(C)Oc1ccc(C(=O)NC(=S)N2CCNC(=O)C2CC(=O)OCCc2ccccc2)cc1. The summed E-state index contributed by atoms with van der Waals surface area (Å²) in [7, 11) is 0. The van der Waals surface area contributed by atoms with Crippen molar-refractivity contribution in [1.29, 1.82) is 0 Å². The molecule has 1 saturated heterocycles. The molecule has 0 bridgehead atoms. The first kappa shape index (κ1) is 26.2. The van der Waals surface area contributed by atoms with Crippen LogP contribution < -0.4 is 15.4 Å². The number of carbonyl (C=O) groups excluding carboxylic acids is 3. The van der Waals surface area contributed by atoms with Crippen LogP contribution >= 0.6 is 12.2 Å². The summed E-state index contributed by atoms with van der Waals surface area (Å²) >= 11 is 5.42. The van der Waals surface area contributed by atoms with Gasteiger partial charge in [0.2, 0.25) is 5.91 Å². The summed E-state index contributed by atoms with van der Waals surface area (Å²) in [5, 5.41) is 5.50. The fourth-order valence-electron chi connectivity index (χ4n) is 3.55. The molecule has 1 fully saturated rings. The maximum absolute atomic E-state index is 12.7. The molecule has 0 radical (unpaired) electrons. The van der Waals surface area contributed by atoms with Crippen LogP contribution in [0.3, 0.4) is 0 Å². The molecule has 2 unspecified atom stereocenters. The summed E-state index contributed by atoms with van der Waals surface area (Å²) in [5.41, 5.74) is 1.46. The van der Waals surface area contributed by atoms with E-state index in [2.05, 4.69) is 10.6 Å². The minimum Gasteiger partial charge on any atom is -0.491 e. The predicted molar refractivity (Wildman–Crippen MR) is 136 cm³/mol. The van der Waals surface area contributed by atoms with E-state index in [9.17, 15) is 14.4 Å². The molecular formula is C26H31N3O5S. The van der Waals surface area contributed by atoms with Crippen LogP contribution in [0.1, 0.15) is 42.6 Å². The van der Waals surface area contributed by atoms with Crippen molar-refractivity contribution in [3.63, 3.8) is 0 Å². The molecule has 2 aromatic carbocycles. The number of nitrogens with zero attached hydrogens (tertiary/aromatic N) is 1. The van der Waals surface area contributed by atoms with E-state index in [1.54, 1.807) is 29.2 Å². The maximum Gasteiger partial charge on any atom is 0.308 e. The Labute approximate surface area is 211 Å². The van der Waals surface area contributed by atoms with E-state index in [0.717, 1.165) is 12.0 Å². The number of hydrogen-bond donors (Lipinski definition) is 2. The molecule has 0 spiro atoms. The van der Waals surface area contributed by atoms with Gasteiger partial charge in [-0.2, -0.15) is 0 Å². The summed E-state index contributed by atoms with van der Waals surface area (Å²) < 4.78 is 11.1. The molecule has 2 aromatic rings. The van der Waals surface area contributed by atoms with Crippen molar-refractivity contribution in [2.45, 2.75) is 45.3 Å². The summed E-state index contributed by atoms with van der Waals surface area (Å²) in [6.45, 7) is 4.95. The van der Waals surface area contributed by atoms with Gasteiger partial charge in [0, 0.05) is 25.1 Å². The lowest BCUT2D eigenvalue weighted by atomic mass is 10.1. The third kappa shape index (κ3) is 7.78. The summed E-state index contributed by atoms with van der Waals surface area (Å²) in [6, 6.07) is 15.6. The highest BCUT2D eigenvalue weighted by Crippen LogP contribution is 2.16. The topological polar surface area (TPSA) is 97.0 Å². The van der Waals surface area contributed by atoms with Crippen LogP contribution in [0, 0.1) is 0 Å². The van der Waals surface area contributed by atoms with E-state index < -0.39 is 17.9 Å². The third-order valence-electron chi connectivity index (χ3n) is 5.70. The fourth-order valence-corrected chi connectivity index (χ4v) is 3.86. The van der Waals surface area contributed by atoms with E-state index in [1.165, 1.54) is 0 Å². The second-order valence-electron chi connectivity index (χ2n) is 8.28. The zero-order valence-electron chi connectivity index (χ0n) is 20.0. The fraction of sp³-hybridized carbons (Fsp3) is 0.385. The highest BCUT2D eigenvalue weighted by atomic mass is 32.1. The number of carbonyl (C=O) groups is 3. The molecule has 3 rings (SSSR count). The van der Waals surface area contributed by atoms with E-state index in [0.29, 0.717) is 30.8 Å². The quantitative estimate of drug-likeness (QED) is 0.406. The van der Waals surface area contributed by atoms with E-state index >= 15 is 0 Å². The molecule has 186 valence electrons. The number of piperazine rings is 1. The van der Waals surface area contributed by atoms with Gasteiger partial charge in [0.25, 0.3) is 5.91 Å². The van der Waals surface area contributed by atoms with Crippen molar-refractivity contribution in [3.8, 4) is 5.75 Å². The lowest BCUT2D eigenvalue weighted by molar-refractivity contribution is -0.147. The van der Waals surface area contributed by atoms with E-state index in [4.69, 9.17) is 21.7 Å². The van der Waals surface area contributed by atoms with Crippen LogP contribution in [0.15, 0.2) is 54.6 Å². The van der Waals surface area contributed by atoms with Gasteiger partial charge in [-0.05, 0) is 55.4 Å². The van der Waals surface area contributed by atoms with Crippen LogP contribution in [0.4, 0.5) is 0 Å². The van der Waals surface area contributed by atoms with Crippen LogP contribution in [0.2, 0.25) is 0 Å². The average molecular weight is 498 g/mol. The lowest BCUT2D eigenvalue weighted by Crippen LogP contribution is -2.60. The molecule has 8 nitrogen and oxygen atoms in total. The number of thiocarbonyl (C=S) groups is 1. The van der Waals surface area contributed by atoms with Crippen LogP contribution in [-0.4, -0.2) is 59.6 Å². The van der Waals surface area contributed by atoms with Crippen molar-refractivity contribution in [2.75, 3.05) is 19.7 Å². The van der Waals surface area contributed by atoms with Crippen molar-refractivity contribution in [3.05, 3.63) is 65.7 Å². The van der Waals surface area contributed by atoms with Gasteiger partial charge in [0.15, 0.2) is 5.11 Å². The second-order valence-corrected chi connectivity index (χ2v) is 8.67. The first-order chi connectivity index (χ1) is 16.9. The summed E-state index contributed by atoms with van der Waals surface area (Å²) in [6.07, 6.45) is 1.37. The van der Waals surface area contributed by atoms with E-state index in [1.807, 2.05) is 44.2 Å². The minimum atomic E-state index is -0.855. The Hall–Kier alpha value is -3.46. The monoisotopic (exact) mass is 497 g/mol. The number of rotatable bonds is 9. The molecule has 1 heterocycles. The molecule has 0 aliphatic carbocycles. The largest absolute Gasteiger partial charge is 0.491 e. The van der Waals surface area contributed by atoms with Gasteiger partial charge in [-0.15, -0.1) is 0 Å². The number of esters is 1. The number of nitrogens with one attached hydrogen (secondary N) is 2. The Kier molecular flexibility index (Phi) is 9.60. The number of ether oxygens (including phenoxy) is 2. The number of benzene rings is 2. The van der Waals surface area contributed by atoms with Gasteiger partial charge in [-0.1, -0.05) is 37.3 Å². The lowest BCUT2D eigenvalue weighted by Gasteiger charge is -2.36. The van der Waals surface area contributed by atoms with Gasteiger partial charge in [0.1, 0.15) is 11.8 Å². The average Bonchev–Trinajstić information content (AvgIpc) is 2.86. The van der Waals surface area contributed by atoms with Crippen molar-refractivity contribution >= 4 is 35.1 Å². The van der Waals surface area contributed by atoms with Crippen molar-refractivity contribution < 1.29 is 23.9 Å². The highest BCUT2D eigenvalue weighted by Gasteiger charge is 2.34. The molecule has 0 saturated carbocycles. The van der Waals surface area contributed by atoms with Crippen LogP contribution in [-0.2, 0) is 20.7 Å². The van der Waals surface area contributed by atoms with Crippen LogP contribution in [0.5, 0.6) is 5.75 Å². The predicted octanol–water partition coefficient (Wildman–Crippen LogP) is 2.86. The van der Waals surface area contributed by atoms with Gasteiger partial charge >= 0.3 is 5.97 Å². The molecule has 2 amide bonds. The summed E-state index contributed by atoms with van der Waals surface area (Å²) in [5.74, 6) is -0.560. The Morgan fingerprint density at radius 1 is 1.17 bits per heavy atom. The highest BCUT2D eigenvalue weighted by molar-refractivity contribution is 7.80. The molecule has 35 heavy (non-hydrogen) atoms. The van der Waals surface area contributed by atoms with Crippen molar-refractivity contribution in [1.82, 2.24) is 15.5 Å². The van der Waals surface area contributed by atoms with Crippen molar-refractivity contribution in [2.24, 2.45) is 0 Å². The third-order valence-corrected chi connectivity index (χ3v) is 6.03. The Balaban J connectivity index is 1.55. The zero-order valence-corrected chi connectivity index (χ0v) is 20.8. The Morgan fingerprint density at radius 3 is 2.57 bits per heavy atom. The smallest absolute Gasteiger partial charge is 0.308 e. The van der Waals surface area contributed by atoms with E-state index in [-0.39, 0.29) is 30.2 Å². The maximum atomic E-state index is 12.7. The molecule has 2 atom stereocenters. The molecule has 9 heteroatoms. The molecule has 0 aromatic heterocycles.